The van der Waals surface area contributed by atoms with Crippen LogP contribution in [0.1, 0.15) is 15.9 Å². The molecule has 0 atom stereocenters. The first-order valence-corrected chi connectivity index (χ1v) is 6.41. The highest BCUT2D eigenvalue weighted by Crippen LogP contribution is 2.21. The van der Waals surface area contributed by atoms with Crippen LogP contribution in [0, 0.1) is 6.92 Å². The molecule has 0 spiro atoms. The summed E-state index contributed by atoms with van der Waals surface area (Å²) in [4.78, 5) is 12.5. The van der Waals surface area contributed by atoms with Gasteiger partial charge in [-0.1, -0.05) is 29.8 Å². The fourth-order valence-electron chi connectivity index (χ4n) is 2.25. The van der Waals surface area contributed by atoms with Crippen LogP contribution in [0.5, 0.6) is 0 Å². The van der Waals surface area contributed by atoms with Crippen molar-refractivity contribution in [2.75, 3.05) is 0 Å². The van der Waals surface area contributed by atoms with Gasteiger partial charge in [-0.15, -0.1) is 0 Å². The number of rotatable bonds is 1. The number of carbonyl (C=O) groups is 1. The molecule has 3 rings (SSSR count). The number of para-hydroxylation sites is 1. The fraction of sp³-hybridized carbons (Fsp3) is 0.0625. The van der Waals surface area contributed by atoms with Crippen LogP contribution in [-0.4, -0.2) is 10.5 Å². The monoisotopic (exact) mass is 269 g/mol. The van der Waals surface area contributed by atoms with E-state index in [4.69, 9.17) is 11.6 Å². The third-order valence-corrected chi connectivity index (χ3v) is 3.47. The van der Waals surface area contributed by atoms with Crippen molar-refractivity contribution in [1.29, 1.82) is 0 Å². The number of benzene rings is 2. The number of aromatic nitrogens is 1. The number of hydrogen-bond donors (Lipinski definition) is 0. The molecule has 0 amide bonds. The lowest BCUT2D eigenvalue weighted by Crippen LogP contribution is -2.10. The molecule has 0 N–H and O–H groups in total. The summed E-state index contributed by atoms with van der Waals surface area (Å²) in [6, 6.07) is 14.8. The first-order valence-electron chi connectivity index (χ1n) is 6.04. The van der Waals surface area contributed by atoms with Crippen molar-refractivity contribution in [3.05, 3.63) is 70.9 Å². The average molecular weight is 270 g/mol. The predicted molar refractivity (Wildman–Crippen MR) is 77.9 cm³/mol. The molecule has 1 aromatic heterocycles. The molecule has 3 aromatic rings. The summed E-state index contributed by atoms with van der Waals surface area (Å²) in [7, 11) is 0. The Kier molecular flexibility index (Phi) is 2.88. The Hall–Kier alpha value is -2.06. The Morgan fingerprint density at radius 1 is 1.05 bits per heavy atom. The van der Waals surface area contributed by atoms with Gasteiger partial charge in [-0.25, -0.2) is 0 Å². The highest BCUT2D eigenvalue weighted by atomic mass is 35.5. The van der Waals surface area contributed by atoms with Crippen molar-refractivity contribution in [3.63, 3.8) is 0 Å². The zero-order chi connectivity index (χ0) is 13.4. The average Bonchev–Trinajstić information content (AvgIpc) is 2.77. The summed E-state index contributed by atoms with van der Waals surface area (Å²) >= 11 is 5.84. The molecule has 0 unspecified atom stereocenters. The van der Waals surface area contributed by atoms with E-state index in [2.05, 4.69) is 0 Å². The van der Waals surface area contributed by atoms with Crippen LogP contribution < -0.4 is 0 Å². The minimum Gasteiger partial charge on any atom is -0.283 e. The van der Waals surface area contributed by atoms with Gasteiger partial charge in [-0.05, 0) is 42.8 Å². The summed E-state index contributed by atoms with van der Waals surface area (Å²) in [5.41, 5.74) is 2.66. The zero-order valence-electron chi connectivity index (χ0n) is 10.4. The second-order valence-electron chi connectivity index (χ2n) is 4.51. The first kappa shape index (κ1) is 12.0. The highest BCUT2D eigenvalue weighted by Gasteiger charge is 2.12. The first-order chi connectivity index (χ1) is 9.16. The van der Waals surface area contributed by atoms with Crippen LogP contribution in [0.2, 0.25) is 5.02 Å². The third kappa shape index (κ3) is 2.04. The zero-order valence-corrected chi connectivity index (χ0v) is 11.2. The molecule has 0 saturated carbocycles. The second-order valence-corrected chi connectivity index (χ2v) is 4.95. The van der Waals surface area contributed by atoms with Crippen molar-refractivity contribution in [3.8, 4) is 0 Å². The summed E-state index contributed by atoms with van der Waals surface area (Å²) in [5, 5.41) is 1.73. The van der Waals surface area contributed by atoms with Crippen LogP contribution in [0.25, 0.3) is 10.9 Å². The van der Waals surface area contributed by atoms with Crippen LogP contribution in [0.3, 0.4) is 0 Å². The van der Waals surface area contributed by atoms with Crippen molar-refractivity contribution < 1.29 is 4.79 Å². The topological polar surface area (TPSA) is 22.0 Å². The van der Waals surface area contributed by atoms with Crippen molar-refractivity contribution in [2.24, 2.45) is 0 Å². The van der Waals surface area contributed by atoms with Gasteiger partial charge in [0.1, 0.15) is 0 Å². The van der Waals surface area contributed by atoms with E-state index >= 15 is 0 Å². The van der Waals surface area contributed by atoms with Crippen LogP contribution >= 0.6 is 11.6 Å². The Morgan fingerprint density at radius 3 is 2.47 bits per heavy atom. The number of nitrogens with zero attached hydrogens (tertiary/aromatic N) is 1. The van der Waals surface area contributed by atoms with E-state index in [9.17, 15) is 4.79 Å². The molecule has 3 heteroatoms. The summed E-state index contributed by atoms with van der Waals surface area (Å²) in [6.07, 6.45) is 1.88. The molecule has 0 bridgehead atoms. The third-order valence-electron chi connectivity index (χ3n) is 3.22. The standard InChI is InChI=1S/C16H12ClNO/c1-11-10-18(15-5-3-2-4-14(11)15)16(19)12-6-8-13(17)9-7-12/h2-10H,1H3. The van der Waals surface area contributed by atoms with Gasteiger partial charge in [0, 0.05) is 22.2 Å². The molecule has 2 nitrogen and oxygen atoms in total. The number of carbonyl (C=O) groups excluding carboxylic acids is 1. The van der Waals surface area contributed by atoms with E-state index in [0.717, 1.165) is 16.5 Å². The molecule has 94 valence electrons. The van der Waals surface area contributed by atoms with Crippen molar-refractivity contribution in [1.82, 2.24) is 4.57 Å². The molecule has 0 saturated heterocycles. The largest absolute Gasteiger partial charge is 0.283 e. The Bertz CT molecular complexity index is 756. The molecular formula is C16H12ClNO. The number of fused-ring (bicyclic) bond motifs is 1. The van der Waals surface area contributed by atoms with Crippen molar-refractivity contribution in [2.45, 2.75) is 6.92 Å². The minimum absolute atomic E-state index is 0.0408. The normalized spacial score (nSPS) is 10.8. The summed E-state index contributed by atoms with van der Waals surface area (Å²) < 4.78 is 1.69. The van der Waals surface area contributed by atoms with E-state index in [-0.39, 0.29) is 5.91 Å². The lowest BCUT2D eigenvalue weighted by molar-refractivity contribution is 0.0965. The van der Waals surface area contributed by atoms with Gasteiger partial charge in [0.25, 0.3) is 5.91 Å². The summed E-state index contributed by atoms with van der Waals surface area (Å²) in [6.45, 7) is 2.01. The Labute approximate surface area is 116 Å². The van der Waals surface area contributed by atoms with Crippen LogP contribution in [0.15, 0.2) is 54.7 Å². The molecular weight excluding hydrogens is 258 g/mol. The molecule has 0 aliphatic carbocycles. The Balaban J connectivity index is 2.14. The van der Waals surface area contributed by atoms with E-state index in [0.29, 0.717) is 10.6 Å². The van der Waals surface area contributed by atoms with E-state index in [1.54, 1.807) is 28.8 Å². The van der Waals surface area contributed by atoms with Gasteiger partial charge in [0.15, 0.2) is 0 Å². The van der Waals surface area contributed by atoms with Gasteiger partial charge in [0.05, 0.1) is 5.52 Å². The van der Waals surface area contributed by atoms with Gasteiger partial charge < -0.3 is 0 Å². The van der Waals surface area contributed by atoms with Crippen LogP contribution in [-0.2, 0) is 0 Å². The molecule has 19 heavy (non-hydrogen) atoms. The van der Waals surface area contributed by atoms with E-state index in [1.165, 1.54) is 0 Å². The molecule has 0 aliphatic rings. The maximum Gasteiger partial charge on any atom is 0.262 e. The van der Waals surface area contributed by atoms with Crippen LogP contribution in [0.4, 0.5) is 0 Å². The fourth-order valence-corrected chi connectivity index (χ4v) is 2.38. The number of hydrogen-bond acceptors (Lipinski definition) is 1. The van der Waals surface area contributed by atoms with Gasteiger partial charge in [-0.3, -0.25) is 9.36 Å². The Morgan fingerprint density at radius 2 is 1.74 bits per heavy atom. The quantitative estimate of drug-likeness (QED) is 0.646. The highest BCUT2D eigenvalue weighted by molar-refractivity contribution is 6.30. The molecule has 0 radical (unpaired) electrons. The van der Waals surface area contributed by atoms with Gasteiger partial charge in [-0.2, -0.15) is 0 Å². The smallest absolute Gasteiger partial charge is 0.262 e. The lowest BCUT2D eigenvalue weighted by Gasteiger charge is -2.04. The van der Waals surface area contributed by atoms with Gasteiger partial charge in [0.2, 0.25) is 0 Å². The molecule has 2 aromatic carbocycles. The summed E-state index contributed by atoms with van der Waals surface area (Å²) in [5.74, 6) is -0.0408. The lowest BCUT2D eigenvalue weighted by atomic mass is 10.2. The van der Waals surface area contributed by atoms with E-state index < -0.39 is 0 Å². The SMILES string of the molecule is Cc1cn(C(=O)c2ccc(Cl)cc2)c2ccccc12. The minimum atomic E-state index is -0.0408. The van der Waals surface area contributed by atoms with Gasteiger partial charge >= 0.3 is 0 Å². The molecule has 1 heterocycles. The maximum absolute atomic E-state index is 12.5. The molecule has 0 aliphatic heterocycles. The maximum atomic E-state index is 12.5. The van der Waals surface area contributed by atoms with E-state index in [1.807, 2.05) is 37.4 Å². The molecule has 0 fully saturated rings. The second kappa shape index (κ2) is 4.56. The van der Waals surface area contributed by atoms with Crippen molar-refractivity contribution >= 4 is 28.4 Å². The number of aryl methyl sites for hydroxylation is 1. The number of halogens is 1. The predicted octanol–water partition coefficient (Wildman–Crippen LogP) is 4.29.